The third kappa shape index (κ3) is 7.77. The average Bonchev–Trinajstić information content (AvgIpc) is 3.85. The first-order chi connectivity index (χ1) is 22.7. The zero-order valence-corrected chi connectivity index (χ0v) is 31.3. The number of hydrogen-bond donors (Lipinski definition) is 4. The second-order valence-corrected chi connectivity index (χ2v) is 16.7. The Balaban J connectivity index is 1.53. The number of carbonyl (C=O) groups excluding carboxylic acids is 4. The fourth-order valence-corrected chi connectivity index (χ4v) is 9.24. The predicted octanol–water partition coefficient (Wildman–Crippen LogP) is 4.86. The molecule has 1 aliphatic heterocycles. The van der Waals surface area contributed by atoms with E-state index in [-0.39, 0.29) is 78.7 Å². The Kier molecular flexibility index (Phi) is 11.0. The van der Waals surface area contributed by atoms with Crippen molar-refractivity contribution in [2.24, 2.45) is 23.7 Å². The van der Waals surface area contributed by atoms with Crippen molar-refractivity contribution in [1.29, 1.82) is 0 Å². The van der Waals surface area contributed by atoms with Crippen molar-refractivity contribution in [2.75, 3.05) is 0 Å². The van der Waals surface area contributed by atoms with Crippen LogP contribution in [0.3, 0.4) is 0 Å². The summed E-state index contributed by atoms with van der Waals surface area (Å²) in [4.78, 5) is 73.8. The minimum atomic E-state index is -0.632. The van der Waals surface area contributed by atoms with Crippen molar-refractivity contribution in [2.45, 2.75) is 79.6 Å². The molecule has 48 heavy (non-hydrogen) atoms. The zero-order chi connectivity index (χ0) is 34.9. The molecule has 0 saturated carbocycles. The molecule has 4 aromatic rings. The maximum atomic E-state index is 13.5. The van der Waals surface area contributed by atoms with Crippen LogP contribution < -0.4 is 21.3 Å². The standard InChI is InChI=1S/C32H40N8O5S2Se/c1-13(2)21-29-33-17(9-45-29)25(41)38-22(14(3)4)30-34-18(10-46-30)26(42)39-23(15(5)6)31-35-19(11-47-31)27(43)40-24(16(7)8)32-36-20(12-48-32)28(44)37-21/h9-16,21-24H,1-8H3,(H,37,44)(H,38,41)(H,39,42)(H,40,43)/t21-,22-,23-,24-/m0/s1. The number of hydrogen-bond acceptors (Lipinski definition) is 11. The number of fused-ring (bicyclic) bond motifs is 8. The molecule has 0 unspecified atom stereocenters. The summed E-state index contributed by atoms with van der Waals surface area (Å²) < 4.78 is 6.43. The first-order valence-corrected chi connectivity index (χ1v) is 19.4. The fourth-order valence-electron chi connectivity index (χ4n) is 5.05. The molecule has 4 N–H and O–H groups in total. The first kappa shape index (κ1) is 35.6. The molecule has 0 radical (unpaired) electrons. The molecular weight excluding hydrogens is 719 g/mol. The van der Waals surface area contributed by atoms with Crippen molar-refractivity contribution in [1.82, 2.24) is 41.2 Å². The first-order valence-electron chi connectivity index (χ1n) is 15.8. The van der Waals surface area contributed by atoms with Gasteiger partial charge in [-0.05, 0) is 0 Å². The number of aromatic nitrogens is 4. The quantitative estimate of drug-likeness (QED) is 0.211. The number of amides is 4. The van der Waals surface area contributed by atoms with Crippen LogP contribution in [-0.4, -0.2) is 58.1 Å². The molecule has 0 saturated heterocycles. The molecular formula is C32H40N8O5S2Se. The summed E-state index contributed by atoms with van der Waals surface area (Å²) in [5, 5.41) is 16.6. The zero-order valence-electron chi connectivity index (χ0n) is 28.0. The normalized spacial score (nSPS) is 21.2. The predicted molar refractivity (Wildman–Crippen MR) is 182 cm³/mol. The topological polar surface area (TPSA) is 181 Å². The van der Waals surface area contributed by atoms with E-state index in [2.05, 4.69) is 41.2 Å². The Hall–Kier alpha value is -3.72. The van der Waals surface area contributed by atoms with Crippen LogP contribution in [0.25, 0.3) is 0 Å². The number of nitrogens with zero attached hydrogens (tertiary/aromatic N) is 4. The van der Waals surface area contributed by atoms with E-state index in [1.54, 1.807) is 15.7 Å². The fraction of sp³-hybridized carbons (Fsp3) is 0.500. The number of carbonyl (C=O) groups is 4. The molecule has 256 valence electrons. The third-order valence-electron chi connectivity index (χ3n) is 7.90. The third-order valence-corrected chi connectivity index (χ3v) is 11.7. The van der Waals surface area contributed by atoms with E-state index in [9.17, 15) is 19.2 Å². The van der Waals surface area contributed by atoms with Crippen molar-refractivity contribution in [3.63, 3.8) is 0 Å². The molecule has 8 bridgehead atoms. The van der Waals surface area contributed by atoms with E-state index in [0.717, 1.165) is 0 Å². The molecule has 0 aliphatic carbocycles. The average molecular weight is 760 g/mol. The Morgan fingerprint density at radius 3 is 1.52 bits per heavy atom. The van der Waals surface area contributed by atoms with Gasteiger partial charge in [0.15, 0.2) is 0 Å². The number of thiazole rings is 2. The van der Waals surface area contributed by atoms with E-state index < -0.39 is 36.0 Å². The van der Waals surface area contributed by atoms with Gasteiger partial charge in [0.25, 0.3) is 0 Å². The second kappa shape index (κ2) is 14.8. The van der Waals surface area contributed by atoms with Gasteiger partial charge in [-0.25, -0.2) is 0 Å². The molecule has 0 fully saturated rings. The minimum absolute atomic E-state index is 0.0108. The Morgan fingerprint density at radius 1 is 0.583 bits per heavy atom. The maximum absolute atomic E-state index is 13.5. The second-order valence-electron chi connectivity index (χ2n) is 13.1. The van der Waals surface area contributed by atoms with E-state index >= 15 is 0 Å². The van der Waals surface area contributed by atoms with Crippen LogP contribution in [0.2, 0.25) is 0 Å². The van der Waals surface area contributed by atoms with Gasteiger partial charge in [0.05, 0.1) is 0 Å². The van der Waals surface area contributed by atoms with Gasteiger partial charge in [-0.1, -0.05) is 13.8 Å². The van der Waals surface area contributed by atoms with E-state index in [0.29, 0.717) is 14.6 Å². The van der Waals surface area contributed by atoms with E-state index in [4.69, 9.17) is 4.42 Å². The summed E-state index contributed by atoms with van der Waals surface area (Å²) in [6.45, 7) is 15.6. The summed E-state index contributed by atoms with van der Waals surface area (Å²) in [5.74, 6) is -1.65. The Morgan fingerprint density at radius 2 is 1.02 bits per heavy atom. The summed E-state index contributed by atoms with van der Waals surface area (Å²) >= 11 is 2.30. The SMILES string of the molecule is CC(C)[C@@H]1NC(=O)c2c[se]c(n2)[C@H](C(C)C)NC(=O)c2csc(n2)[C@H](C(C)C)NC(=O)c2csc(n2)[C@H](C(C)C)NC(=O)c2coc1n2. The van der Waals surface area contributed by atoms with Crippen molar-refractivity contribution in [3.05, 3.63) is 65.2 Å². The molecule has 4 amide bonds. The molecule has 0 aromatic carbocycles. The molecule has 5 rings (SSSR count). The van der Waals surface area contributed by atoms with Gasteiger partial charge in [0, 0.05) is 0 Å². The monoisotopic (exact) mass is 760 g/mol. The summed E-state index contributed by atoms with van der Waals surface area (Å²) in [6, 6.07) is -2.02. The van der Waals surface area contributed by atoms with Gasteiger partial charge in [-0.15, -0.1) is 11.3 Å². The molecule has 4 atom stereocenters. The Bertz CT molecular complexity index is 1530. The molecule has 1 aliphatic rings. The summed E-state index contributed by atoms with van der Waals surface area (Å²) in [6.07, 6.45) is 1.27. The Labute approximate surface area is 292 Å². The van der Waals surface area contributed by atoms with Crippen LogP contribution in [-0.2, 0) is 0 Å². The molecule has 16 heteroatoms. The van der Waals surface area contributed by atoms with Gasteiger partial charge in [-0.3, -0.25) is 0 Å². The molecule has 0 spiro atoms. The van der Waals surface area contributed by atoms with E-state index in [1.165, 1.54) is 28.9 Å². The summed E-state index contributed by atoms with van der Waals surface area (Å²) in [7, 11) is 0. The van der Waals surface area contributed by atoms with Crippen LogP contribution >= 0.6 is 22.7 Å². The van der Waals surface area contributed by atoms with Crippen LogP contribution in [0.4, 0.5) is 0 Å². The van der Waals surface area contributed by atoms with Gasteiger partial charge < -0.3 is 0 Å². The van der Waals surface area contributed by atoms with Gasteiger partial charge in [-0.2, -0.15) is 0 Å². The van der Waals surface area contributed by atoms with Gasteiger partial charge >= 0.3 is 269 Å². The number of rotatable bonds is 4. The van der Waals surface area contributed by atoms with E-state index in [1.807, 2.05) is 55.4 Å². The molecule has 4 aromatic heterocycles. The van der Waals surface area contributed by atoms with Crippen LogP contribution in [0.15, 0.2) is 26.4 Å². The van der Waals surface area contributed by atoms with Crippen LogP contribution in [0.1, 0.15) is 142 Å². The van der Waals surface area contributed by atoms with Crippen molar-refractivity contribution < 1.29 is 23.6 Å². The number of oxazole rings is 1. The molecule has 5 heterocycles. The van der Waals surface area contributed by atoms with Crippen LogP contribution in [0, 0.1) is 23.7 Å². The van der Waals surface area contributed by atoms with Crippen molar-refractivity contribution >= 4 is 60.8 Å². The van der Waals surface area contributed by atoms with Gasteiger partial charge in [0.1, 0.15) is 0 Å². The molecule has 13 nitrogen and oxygen atoms in total. The van der Waals surface area contributed by atoms with Crippen LogP contribution in [0.5, 0.6) is 0 Å². The summed E-state index contributed by atoms with van der Waals surface area (Å²) in [5.41, 5.74) is 0.768. The number of nitrogens with one attached hydrogen (secondary N) is 4. The van der Waals surface area contributed by atoms with Gasteiger partial charge in [0.2, 0.25) is 0 Å². The van der Waals surface area contributed by atoms with Crippen molar-refractivity contribution in [3.8, 4) is 0 Å².